The largest absolute Gasteiger partial charge is 0.496 e. The third-order valence-corrected chi connectivity index (χ3v) is 4.26. The van der Waals surface area contributed by atoms with Crippen molar-refractivity contribution in [2.24, 2.45) is 0 Å². The molecule has 0 aliphatic heterocycles. The van der Waals surface area contributed by atoms with Crippen molar-refractivity contribution < 1.29 is 4.74 Å². The van der Waals surface area contributed by atoms with Crippen molar-refractivity contribution in [3.8, 4) is 5.75 Å². The molecule has 0 aliphatic rings. The molecule has 2 aromatic rings. The van der Waals surface area contributed by atoms with Gasteiger partial charge in [-0.25, -0.2) is 0 Å². The molecule has 1 aromatic heterocycles. The minimum atomic E-state index is 0.311. The van der Waals surface area contributed by atoms with Gasteiger partial charge in [-0.15, -0.1) is 11.3 Å². The van der Waals surface area contributed by atoms with Gasteiger partial charge in [0.05, 0.1) is 7.11 Å². The van der Waals surface area contributed by atoms with E-state index in [1.807, 2.05) is 18.2 Å². The molecule has 0 unspecified atom stereocenters. The Balaban J connectivity index is 2.06. The molecule has 0 saturated heterocycles. The molecule has 1 atom stereocenters. The van der Waals surface area contributed by atoms with Gasteiger partial charge in [0.2, 0.25) is 0 Å². The third-order valence-electron chi connectivity index (χ3n) is 2.85. The molecular formula is C14H16ClNOS. The highest BCUT2D eigenvalue weighted by Gasteiger charge is 2.10. The predicted octanol–water partition coefficient (Wildman–Crippen LogP) is 4.26. The zero-order valence-electron chi connectivity index (χ0n) is 10.4. The van der Waals surface area contributed by atoms with Gasteiger partial charge in [0.25, 0.3) is 0 Å². The first kappa shape index (κ1) is 13.4. The van der Waals surface area contributed by atoms with Crippen LogP contribution >= 0.6 is 22.9 Å². The molecule has 0 amide bonds. The maximum absolute atomic E-state index is 6.20. The Labute approximate surface area is 117 Å². The van der Waals surface area contributed by atoms with E-state index < -0.39 is 0 Å². The standard InChI is InChI=1S/C14H16ClNOS/c1-10(14-7-4-8-18-14)16-9-11-12(15)5-3-6-13(11)17-2/h3-8,10,16H,9H2,1-2H3/t10-/m0/s1. The summed E-state index contributed by atoms with van der Waals surface area (Å²) in [6.07, 6.45) is 0. The SMILES string of the molecule is COc1cccc(Cl)c1CN[C@@H](C)c1cccs1. The molecule has 0 bridgehead atoms. The second-order valence-electron chi connectivity index (χ2n) is 4.04. The van der Waals surface area contributed by atoms with E-state index in [-0.39, 0.29) is 0 Å². The van der Waals surface area contributed by atoms with Crippen LogP contribution in [-0.2, 0) is 6.54 Å². The van der Waals surface area contributed by atoms with Crippen LogP contribution in [-0.4, -0.2) is 7.11 Å². The Morgan fingerprint density at radius 3 is 2.83 bits per heavy atom. The zero-order valence-corrected chi connectivity index (χ0v) is 12.0. The summed E-state index contributed by atoms with van der Waals surface area (Å²) in [6.45, 7) is 2.84. The zero-order chi connectivity index (χ0) is 13.0. The van der Waals surface area contributed by atoms with E-state index >= 15 is 0 Å². The van der Waals surface area contributed by atoms with Crippen molar-refractivity contribution in [3.63, 3.8) is 0 Å². The van der Waals surface area contributed by atoms with Gasteiger partial charge in [-0.2, -0.15) is 0 Å². The second kappa shape index (κ2) is 6.23. The van der Waals surface area contributed by atoms with Crippen LogP contribution in [0, 0.1) is 0 Å². The van der Waals surface area contributed by atoms with E-state index in [0.717, 1.165) is 16.3 Å². The number of thiophene rings is 1. The number of methoxy groups -OCH3 is 1. The van der Waals surface area contributed by atoms with E-state index in [4.69, 9.17) is 16.3 Å². The van der Waals surface area contributed by atoms with E-state index in [1.165, 1.54) is 4.88 Å². The molecule has 96 valence electrons. The quantitative estimate of drug-likeness (QED) is 0.884. The van der Waals surface area contributed by atoms with Gasteiger partial charge in [0.15, 0.2) is 0 Å². The van der Waals surface area contributed by atoms with Crippen LogP contribution in [0.25, 0.3) is 0 Å². The number of rotatable bonds is 5. The second-order valence-corrected chi connectivity index (χ2v) is 5.43. The number of ether oxygens (including phenoxy) is 1. The lowest BCUT2D eigenvalue weighted by Gasteiger charge is -2.15. The molecule has 0 saturated carbocycles. The van der Waals surface area contributed by atoms with Crippen LogP contribution in [0.15, 0.2) is 35.7 Å². The van der Waals surface area contributed by atoms with Gasteiger partial charge in [-0.05, 0) is 30.5 Å². The first-order chi connectivity index (χ1) is 8.72. The van der Waals surface area contributed by atoms with Gasteiger partial charge in [0, 0.05) is 28.0 Å². The van der Waals surface area contributed by atoms with Gasteiger partial charge < -0.3 is 10.1 Å². The Hall–Kier alpha value is -1.03. The van der Waals surface area contributed by atoms with Gasteiger partial charge >= 0.3 is 0 Å². The molecular weight excluding hydrogens is 266 g/mol. The summed E-state index contributed by atoms with van der Waals surface area (Å²) in [5.41, 5.74) is 1.00. The lowest BCUT2D eigenvalue weighted by atomic mass is 10.2. The summed E-state index contributed by atoms with van der Waals surface area (Å²) in [7, 11) is 1.66. The van der Waals surface area contributed by atoms with Crippen molar-refractivity contribution in [1.29, 1.82) is 0 Å². The highest BCUT2D eigenvalue weighted by Crippen LogP contribution is 2.27. The summed E-state index contributed by atoms with van der Waals surface area (Å²) in [6, 6.07) is 10.2. The summed E-state index contributed by atoms with van der Waals surface area (Å²) >= 11 is 7.95. The van der Waals surface area contributed by atoms with Gasteiger partial charge in [0.1, 0.15) is 5.75 Å². The van der Waals surface area contributed by atoms with E-state index in [1.54, 1.807) is 18.4 Å². The van der Waals surface area contributed by atoms with Crippen LogP contribution in [0.2, 0.25) is 5.02 Å². The van der Waals surface area contributed by atoms with E-state index in [9.17, 15) is 0 Å². The Kier molecular flexibility index (Phi) is 4.64. The smallest absolute Gasteiger partial charge is 0.124 e. The normalized spacial score (nSPS) is 12.4. The molecule has 0 spiro atoms. The number of hydrogen-bond donors (Lipinski definition) is 1. The summed E-state index contributed by atoms with van der Waals surface area (Å²) in [5.74, 6) is 0.827. The van der Waals surface area contributed by atoms with Crippen LogP contribution in [0.5, 0.6) is 5.75 Å². The molecule has 0 radical (unpaired) electrons. The fourth-order valence-electron chi connectivity index (χ4n) is 1.80. The summed E-state index contributed by atoms with van der Waals surface area (Å²) < 4.78 is 5.33. The average molecular weight is 282 g/mol. The third kappa shape index (κ3) is 3.05. The first-order valence-corrected chi connectivity index (χ1v) is 7.06. The van der Waals surface area contributed by atoms with Crippen LogP contribution < -0.4 is 10.1 Å². The molecule has 2 nitrogen and oxygen atoms in total. The van der Waals surface area contributed by atoms with Crippen molar-refractivity contribution in [2.75, 3.05) is 7.11 Å². The van der Waals surface area contributed by atoms with Crippen LogP contribution in [0.3, 0.4) is 0 Å². The van der Waals surface area contributed by atoms with Gasteiger partial charge in [-0.3, -0.25) is 0 Å². The molecule has 18 heavy (non-hydrogen) atoms. The maximum Gasteiger partial charge on any atom is 0.124 e. The molecule has 4 heteroatoms. The highest BCUT2D eigenvalue weighted by atomic mass is 35.5. The number of hydrogen-bond acceptors (Lipinski definition) is 3. The maximum atomic E-state index is 6.20. The van der Waals surface area contributed by atoms with Crippen LogP contribution in [0.4, 0.5) is 0 Å². The van der Waals surface area contributed by atoms with Crippen molar-refractivity contribution in [3.05, 3.63) is 51.2 Å². The van der Waals surface area contributed by atoms with Crippen molar-refractivity contribution >= 4 is 22.9 Å². The molecule has 1 aromatic carbocycles. The van der Waals surface area contributed by atoms with Gasteiger partial charge in [-0.1, -0.05) is 23.7 Å². The number of benzene rings is 1. The molecule has 1 N–H and O–H groups in total. The average Bonchev–Trinajstić information content (AvgIpc) is 2.90. The molecule has 2 rings (SSSR count). The van der Waals surface area contributed by atoms with Crippen molar-refractivity contribution in [1.82, 2.24) is 5.32 Å². The minimum Gasteiger partial charge on any atom is -0.496 e. The highest BCUT2D eigenvalue weighted by molar-refractivity contribution is 7.10. The predicted molar refractivity (Wildman–Crippen MR) is 77.6 cm³/mol. The number of halogens is 1. The molecule has 0 fully saturated rings. The fraction of sp³-hybridized carbons (Fsp3) is 0.286. The summed E-state index contributed by atoms with van der Waals surface area (Å²) in [4.78, 5) is 1.32. The lowest BCUT2D eigenvalue weighted by molar-refractivity contribution is 0.406. The topological polar surface area (TPSA) is 21.3 Å². The fourth-order valence-corrected chi connectivity index (χ4v) is 2.79. The summed E-state index contributed by atoms with van der Waals surface area (Å²) in [5, 5.41) is 6.29. The first-order valence-electron chi connectivity index (χ1n) is 5.80. The molecule has 1 heterocycles. The Morgan fingerprint density at radius 2 is 2.17 bits per heavy atom. The van der Waals surface area contributed by atoms with E-state index in [0.29, 0.717) is 12.6 Å². The van der Waals surface area contributed by atoms with Crippen LogP contribution in [0.1, 0.15) is 23.4 Å². The van der Waals surface area contributed by atoms with E-state index in [2.05, 4.69) is 29.8 Å². The lowest BCUT2D eigenvalue weighted by Crippen LogP contribution is -2.17. The number of nitrogens with one attached hydrogen (secondary N) is 1. The minimum absolute atomic E-state index is 0.311. The van der Waals surface area contributed by atoms with Crippen molar-refractivity contribution in [2.45, 2.75) is 19.5 Å². The monoisotopic (exact) mass is 281 g/mol. The molecule has 0 aliphatic carbocycles. The Morgan fingerprint density at radius 1 is 1.33 bits per heavy atom. The Bertz CT molecular complexity index is 499.